The van der Waals surface area contributed by atoms with E-state index >= 15 is 0 Å². The number of carbonyl (C=O) groups excluding carboxylic acids is 3. The first-order chi connectivity index (χ1) is 14.0. The number of nitrogens with zero attached hydrogens (tertiary/aromatic N) is 1. The zero-order valence-corrected chi connectivity index (χ0v) is 16.4. The molecule has 0 aromatic heterocycles. The van der Waals surface area contributed by atoms with Gasteiger partial charge in [0.1, 0.15) is 12.4 Å². The number of carbonyl (C=O) groups is 3. The van der Waals surface area contributed by atoms with E-state index in [1.165, 1.54) is 19.1 Å². The molecule has 0 N–H and O–H groups in total. The van der Waals surface area contributed by atoms with E-state index in [1.54, 1.807) is 36.4 Å². The van der Waals surface area contributed by atoms with Crippen LogP contribution in [0.2, 0.25) is 0 Å². The third-order valence-electron chi connectivity index (χ3n) is 4.59. The van der Waals surface area contributed by atoms with Gasteiger partial charge in [-0.25, -0.2) is 9.59 Å². The van der Waals surface area contributed by atoms with Gasteiger partial charge in [0.2, 0.25) is 0 Å². The Labute approximate surface area is 168 Å². The zero-order chi connectivity index (χ0) is 21.0. The second kappa shape index (κ2) is 8.70. The van der Waals surface area contributed by atoms with Crippen molar-refractivity contribution in [1.82, 2.24) is 0 Å². The van der Waals surface area contributed by atoms with Gasteiger partial charge in [-0.2, -0.15) is 0 Å². The van der Waals surface area contributed by atoms with Crippen LogP contribution in [0, 0.1) is 6.92 Å². The SMILES string of the molecule is COC(=O)C1=C(C(=O)OC)N(c2ccccc2C(=O)c2ccc(C)cc2)COC1. The van der Waals surface area contributed by atoms with E-state index in [9.17, 15) is 14.4 Å². The number of anilines is 1. The third-order valence-corrected chi connectivity index (χ3v) is 4.59. The number of para-hydroxylation sites is 1. The van der Waals surface area contributed by atoms with Crippen molar-refractivity contribution >= 4 is 23.4 Å². The first kappa shape index (κ1) is 20.3. The Hall–Kier alpha value is -3.45. The molecular weight excluding hydrogens is 374 g/mol. The average Bonchev–Trinajstić information content (AvgIpc) is 2.77. The molecule has 7 nitrogen and oxygen atoms in total. The third kappa shape index (κ3) is 4.05. The van der Waals surface area contributed by atoms with Gasteiger partial charge < -0.3 is 19.1 Å². The normalized spacial score (nSPS) is 13.8. The van der Waals surface area contributed by atoms with E-state index in [0.29, 0.717) is 16.8 Å². The number of aryl methyl sites for hydroxylation is 1. The molecule has 0 fully saturated rings. The Morgan fingerprint density at radius 2 is 1.59 bits per heavy atom. The lowest BCUT2D eigenvalue weighted by Crippen LogP contribution is -2.39. The number of esters is 2. The van der Waals surface area contributed by atoms with E-state index in [0.717, 1.165) is 5.56 Å². The minimum atomic E-state index is -0.716. The van der Waals surface area contributed by atoms with Crippen molar-refractivity contribution < 1.29 is 28.6 Å². The van der Waals surface area contributed by atoms with Gasteiger partial charge in [0, 0.05) is 11.1 Å². The van der Waals surface area contributed by atoms with Gasteiger partial charge in [-0.05, 0) is 19.1 Å². The summed E-state index contributed by atoms with van der Waals surface area (Å²) in [5.74, 6) is -1.63. The standard InChI is InChI=1S/C22H21NO6/c1-14-8-10-15(11-9-14)20(24)16-6-4-5-7-18(16)23-13-29-12-17(21(25)27-2)19(23)22(26)28-3/h4-11H,12-13H2,1-3H3. The fourth-order valence-corrected chi connectivity index (χ4v) is 3.10. The molecule has 3 rings (SSSR count). The monoisotopic (exact) mass is 395 g/mol. The molecule has 0 bridgehead atoms. The molecule has 2 aromatic carbocycles. The summed E-state index contributed by atoms with van der Waals surface area (Å²) < 4.78 is 15.2. The molecule has 0 spiro atoms. The molecule has 0 saturated heterocycles. The largest absolute Gasteiger partial charge is 0.466 e. The first-order valence-corrected chi connectivity index (χ1v) is 8.93. The number of ketones is 1. The predicted molar refractivity (Wildman–Crippen MR) is 105 cm³/mol. The summed E-state index contributed by atoms with van der Waals surface area (Å²) in [4.78, 5) is 39.3. The van der Waals surface area contributed by atoms with Crippen LogP contribution in [-0.4, -0.2) is 45.3 Å². The number of ether oxygens (including phenoxy) is 3. The summed E-state index contributed by atoms with van der Waals surface area (Å²) in [5, 5.41) is 0. The molecule has 2 aromatic rings. The number of benzene rings is 2. The minimum absolute atomic E-state index is 0.00486. The lowest BCUT2D eigenvalue weighted by molar-refractivity contribution is -0.140. The molecule has 150 valence electrons. The second-order valence-electron chi connectivity index (χ2n) is 6.43. The van der Waals surface area contributed by atoms with Crippen LogP contribution in [0.5, 0.6) is 0 Å². The van der Waals surface area contributed by atoms with Crippen molar-refractivity contribution in [3.8, 4) is 0 Å². The Balaban J connectivity index is 2.12. The van der Waals surface area contributed by atoms with E-state index < -0.39 is 11.9 Å². The quantitative estimate of drug-likeness (QED) is 0.568. The topological polar surface area (TPSA) is 82.1 Å². The van der Waals surface area contributed by atoms with E-state index in [2.05, 4.69) is 0 Å². The van der Waals surface area contributed by atoms with Gasteiger partial charge in [0.15, 0.2) is 5.78 Å². The van der Waals surface area contributed by atoms with Crippen LogP contribution in [0.3, 0.4) is 0 Å². The second-order valence-corrected chi connectivity index (χ2v) is 6.43. The van der Waals surface area contributed by atoms with Crippen LogP contribution in [0.25, 0.3) is 0 Å². The summed E-state index contributed by atoms with van der Waals surface area (Å²) >= 11 is 0. The van der Waals surface area contributed by atoms with Crippen LogP contribution in [0.1, 0.15) is 21.5 Å². The molecule has 0 aliphatic carbocycles. The van der Waals surface area contributed by atoms with Crippen molar-refractivity contribution in [2.24, 2.45) is 0 Å². The van der Waals surface area contributed by atoms with Crippen LogP contribution < -0.4 is 4.90 Å². The van der Waals surface area contributed by atoms with Gasteiger partial charge in [0.05, 0.1) is 32.1 Å². The maximum Gasteiger partial charge on any atom is 0.355 e. The van der Waals surface area contributed by atoms with Crippen LogP contribution >= 0.6 is 0 Å². The summed E-state index contributed by atoms with van der Waals surface area (Å²) in [6, 6.07) is 14.0. The van der Waals surface area contributed by atoms with E-state index in [-0.39, 0.29) is 30.4 Å². The summed E-state index contributed by atoms with van der Waals surface area (Å²) in [6.07, 6.45) is 0. The number of hydrogen-bond acceptors (Lipinski definition) is 7. The number of methoxy groups -OCH3 is 2. The molecule has 1 aliphatic heterocycles. The minimum Gasteiger partial charge on any atom is -0.466 e. The highest BCUT2D eigenvalue weighted by atomic mass is 16.5. The number of rotatable bonds is 5. The Kier molecular flexibility index (Phi) is 6.09. The lowest BCUT2D eigenvalue weighted by atomic mass is 9.99. The van der Waals surface area contributed by atoms with Crippen LogP contribution in [-0.2, 0) is 23.8 Å². The number of hydrogen-bond donors (Lipinski definition) is 0. The summed E-state index contributed by atoms with van der Waals surface area (Å²) in [5.41, 5.74) is 2.38. The summed E-state index contributed by atoms with van der Waals surface area (Å²) in [6.45, 7) is 1.82. The molecule has 1 aliphatic rings. The lowest BCUT2D eigenvalue weighted by Gasteiger charge is -2.32. The molecule has 0 unspecified atom stereocenters. The Bertz CT molecular complexity index is 977. The smallest absolute Gasteiger partial charge is 0.355 e. The molecule has 29 heavy (non-hydrogen) atoms. The fraction of sp³-hybridized carbons (Fsp3) is 0.227. The molecule has 0 amide bonds. The predicted octanol–water partition coefficient (Wildman–Crippen LogP) is 2.62. The highest BCUT2D eigenvalue weighted by Crippen LogP contribution is 2.30. The Morgan fingerprint density at radius 3 is 2.24 bits per heavy atom. The average molecular weight is 395 g/mol. The molecule has 7 heteroatoms. The van der Waals surface area contributed by atoms with E-state index in [4.69, 9.17) is 14.2 Å². The Morgan fingerprint density at radius 1 is 0.931 bits per heavy atom. The first-order valence-electron chi connectivity index (χ1n) is 8.93. The fourth-order valence-electron chi connectivity index (χ4n) is 3.10. The van der Waals surface area contributed by atoms with Crippen molar-refractivity contribution in [3.05, 3.63) is 76.5 Å². The van der Waals surface area contributed by atoms with Crippen LogP contribution in [0.4, 0.5) is 5.69 Å². The highest BCUT2D eigenvalue weighted by Gasteiger charge is 2.34. The van der Waals surface area contributed by atoms with Gasteiger partial charge in [-0.1, -0.05) is 42.0 Å². The summed E-state index contributed by atoms with van der Waals surface area (Å²) in [7, 11) is 2.44. The van der Waals surface area contributed by atoms with Crippen molar-refractivity contribution in [3.63, 3.8) is 0 Å². The van der Waals surface area contributed by atoms with Crippen molar-refractivity contribution in [1.29, 1.82) is 0 Å². The van der Waals surface area contributed by atoms with Gasteiger partial charge >= 0.3 is 11.9 Å². The molecule has 0 saturated carbocycles. The maximum atomic E-state index is 13.1. The molecule has 1 heterocycles. The van der Waals surface area contributed by atoms with Gasteiger partial charge in [-0.3, -0.25) is 4.79 Å². The van der Waals surface area contributed by atoms with E-state index in [1.807, 2.05) is 19.1 Å². The molecule has 0 atom stereocenters. The highest BCUT2D eigenvalue weighted by molar-refractivity contribution is 6.13. The van der Waals surface area contributed by atoms with Crippen LogP contribution in [0.15, 0.2) is 59.8 Å². The zero-order valence-electron chi connectivity index (χ0n) is 16.4. The van der Waals surface area contributed by atoms with Gasteiger partial charge in [-0.15, -0.1) is 0 Å². The van der Waals surface area contributed by atoms with Gasteiger partial charge in [0.25, 0.3) is 0 Å². The molecule has 0 radical (unpaired) electrons. The maximum absolute atomic E-state index is 13.1. The van der Waals surface area contributed by atoms with Crippen molar-refractivity contribution in [2.75, 3.05) is 32.5 Å². The molecular formula is C22H21NO6. The van der Waals surface area contributed by atoms with Crippen molar-refractivity contribution in [2.45, 2.75) is 6.92 Å².